The van der Waals surface area contributed by atoms with E-state index < -0.39 is 0 Å². The molecule has 12 heavy (non-hydrogen) atoms. The second-order valence-electron chi connectivity index (χ2n) is 4.22. The summed E-state index contributed by atoms with van der Waals surface area (Å²) in [6.07, 6.45) is 2.95. The Morgan fingerprint density at radius 3 is 2.25 bits per heavy atom. The highest BCUT2D eigenvalue weighted by atomic mass is 35.5. The lowest BCUT2D eigenvalue weighted by Crippen LogP contribution is -2.28. The molecule has 1 atom stereocenters. The van der Waals surface area contributed by atoms with Crippen molar-refractivity contribution >= 4 is 17.4 Å². The molecule has 1 nitrogen and oxygen atoms in total. The maximum absolute atomic E-state index is 11.5. The van der Waals surface area contributed by atoms with Crippen LogP contribution < -0.4 is 0 Å². The van der Waals surface area contributed by atoms with E-state index in [9.17, 15) is 4.79 Å². The molecule has 0 saturated heterocycles. The lowest BCUT2D eigenvalue weighted by molar-refractivity contribution is -0.126. The molecule has 0 rings (SSSR count). The Hall–Kier alpha value is -0.0400. The average molecular weight is 191 g/mol. The van der Waals surface area contributed by atoms with Gasteiger partial charge in [0, 0.05) is 5.41 Å². The normalized spacial score (nSPS) is 14.4. The summed E-state index contributed by atoms with van der Waals surface area (Å²) in [5.74, 6) is 0.164. The van der Waals surface area contributed by atoms with Crippen LogP contribution in [0.1, 0.15) is 47.0 Å². The molecule has 0 aromatic rings. The number of halogens is 1. The van der Waals surface area contributed by atoms with Crippen LogP contribution in [0.3, 0.4) is 0 Å². The van der Waals surface area contributed by atoms with Gasteiger partial charge in [-0.1, -0.05) is 40.5 Å². The Morgan fingerprint density at radius 1 is 1.42 bits per heavy atom. The van der Waals surface area contributed by atoms with Gasteiger partial charge in [-0.25, -0.2) is 0 Å². The molecule has 0 aliphatic carbocycles. The number of ketones is 1. The van der Waals surface area contributed by atoms with Crippen LogP contribution in [0, 0.1) is 5.41 Å². The number of Topliss-reactive ketones (excluding diaryl/α,β-unsaturated/α-hetero) is 1. The highest BCUT2D eigenvalue weighted by molar-refractivity contribution is 6.31. The largest absolute Gasteiger partial charge is 0.297 e. The molecule has 0 aliphatic heterocycles. The number of carbonyl (C=O) groups is 1. The van der Waals surface area contributed by atoms with Gasteiger partial charge in [0.15, 0.2) is 5.78 Å². The highest BCUT2D eigenvalue weighted by Crippen LogP contribution is 2.22. The van der Waals surface area contributed by atoms with E-state index in [0.717, 1.165) is 19.3 Å². The van der Waals surface area contributed by atoms with E-state index in [1.807, 2.05) is 20.8 Å². The first-order chi connectivity index (χ1) is 5.39. The van der Waals surface area contributed by atoms with Crippen LogP contribution in [0.2, 0.25) is 0 Å². The van der Waals surface area contributed by atoms with Crippen molar-refractivity contribution < 1.29 is 4.79 Å². The maximum Gasteiger partial charge on any atom is 0.155 e. The van der Waals surface area contributed by atoms with E-state index >= 15 is 0 Å². The zero-order valence-corrected chi connectivity index (χ0v) is 9.24. The van der Waals surface area contributed by atoms with Gasteiger partial charge in [0.25, 0.3) is 0 Å². The first-order valence-corrected chi connectivity index (χ1v) is 5.01. The van der Waals surface area contributed by atoms with Crippen LogP contribution in [0.4, 0.5) is 0 Å². The second kappa shape index (κ2) is 4.86. The number of carbonyl (C=O) groups excluding carboxylic acids is 1. The number of alkyl halides is 1. The average Bonchev–Trinajstić information content (AvgIpc) is 1.97. The third kappa shape index (κ3) is 4.10. The van der Waals surface area contributed by atoms with Gasteiger partial charge >= 0.3 is 0 Å². The smallest absolute Gasteiger partial charge is 0.155 e. The third-order valence-electron chi connectivity index (χ3n) is 1.83. The number of unbranched alkanes of at least 4 members (excludes halogenated alkanes) is 1. The zero-order valence-electron chi connectivity index (χ0n) is 8.48. The third-order valence-corrected chi connectivity index (χ3v) is 2.25. The summed E-state index contributed by atoms with van der Waals surface area (Å²) in [4.78, 5) is 11.5. The molecule has 0 aromatic carbocycles. The Kier molecular flexibility index (Phi) is 4.84. The summed E-state index contributed by atoms with van der Waals surface area (Å²) in [6.45, 7) is 7.84. The molecule has 2 heteroatoms. The maximum atomic E-state index is 11.5. The van der Waals surface area contributed by atoms with Crippen LogP contribution in [-0.4, -0.2) is 11.2 Å². The Bertz CT molecular complexity index is 146. The zero-order chi connectivity index (χ0) is 9.78. The van der Waals surface area contributed by atoms with Crippen LogP contribution >= 0.6 is 11.6 Å². The summed E-state index contributed by atoms with van der Waals surface area (Å²) in [6, 6.07) is 0. The highest BCUT2D eigenvalue weighted by Gasteiger charge is 2.27. The van der Waals surface area contributed by atoms with E-state index in [-0.39, 0.29) is 16.6 Å². The summed E-state index contributed by atoms with van der Waals surface area (Å²) in [7, 11) is 0. The van der Waals surface area contributed by atoms with E-state index in [2.05, 4.69) is 6.92 Å². The van der Waals surface area contributed by atoms with Gasteiger partial charge in [-0.2, -0.15) is 0 Å². The van der Waals surface area contributed by atoms with Gasteiger partial charge < -0.3 is 0 Å². The molecular weight excluding hydrogens is 172 g/mol. The molecule has 0 saturated carbocycles. The lowest BCUT2D eigenvalue weighted by atomic mass is 9.87. The van der Waals surface area contributed by atoms with Gasteiger partial charge in [0.2, 0.25) is 0 Å². The van der Waals surface area contributed by atoms with Crippen LogP contribution in [0.25, 0.3) is 0 Å². The molecule has 0 bridgehead atoms. The van der Waals surface area contributed by atoms with Crippen molar-refractivity contribution in [1.82, 2.24) is 0 Å². The molecule has 0 radical (unpaired) electrons. The fraction of sp³-hybridized carbons (Fsp3) is 0.900. The van der Waals surface area contributed by atoms with Gasteiger partial charge in [0.05, 0.1) is 5.38 Å². The van der Waals surface area contributed by atoms with Gasteiger partial charge in [-0.05, 0) is 6.42 Å². The van der Waals surface area contributed by atoms with Crippen molar-refractivity contribution in [2.24, 2.45) is 5.41 Å². The molecule has 1 unspecified atom stereocenters. The van der Waals surface area contributed by atoms with Crippen LogP contribution in [0.5, 0.6) is 0 Å². The summed E-state index contributed by atoms with van der Waals surface area (Å²) in [5, 5.41) is -0.287. The Morgan fingerprint density at radius 2 is 1.92 bits per heavy atom. The number of hydrogen-bond acceptors (Lipinski definition) is 1. The Labute approximate surface area is 80.5 Å². The molecule has 0 aromatic heterocycles. The molecule has 0 aliphatic rings. The summed E-state index contributed by atoms with van der Waals surface area (Å²) in [5.41, 5.74) is -0.292. The standard InChI is InChI=1S/C10H19ClO/c1-5-6-7-8(11)9(12)10(2,3)4/h8H,5-7H2,1-4H3. The summed E-state index contributed by atoms with van der Waals surface area (Å²) < 4.78 is 0. The molecule has 0 fully saturated rings. The van der Waals surface area contributed by atoms with Crippen molar-refractivity contribution in [3.05, 3.63) is 0 Å². The van der Waals surface area contributed by atoms with Crippen molar-refractivity contribution in [3.8, 4) is 0 Å². The first kappa shape index (κ1) is 12.0. The van der Waals surface area contributed by atoms with Crippen LogP contribution in [-0.2, 0) is 4.79 Å². The predicted molar refractivity (Wildman–Crippen MR) is 53.6 cm³/mol. The lowest BCUT2D eigenvalue weighted by Gasteiger charge is -2.20. The monoisotopic (exact) mass is 190 g/mol. The number of hydrogen-bond donors (Lipinski definition) is 0. The van der Waals surface area contributed by atoms with Crippen molar-refractivity contribution in [1.29, 1.82) is 0 Å². The van der Waals surface area contributed by atoms with Gasteiger partial charge in [-0.3, -0.25) is 4.79 Å². The van der Waals surface area contributed by atoms with Crippen LogP contribution in [0.15, 0.2) is 0 Å². The fourth-order valence-corrected chi connectivity index (χ4v) is 1.47. The molecule has 0 heterocycles. The van der Waals surface area contributed by atoms with E-state index in [1.165, 1.54) is 0 Å². The first-order valence-electron chi connectivity index (χ1n) is 4.58. The minimum absolute atomic E-state index is 0.164. The molecule has 0 spiro atoms. The van der Waals surface area contributed by atoms with E-state index in [1.54, 1.807) is 0 Å². The topological polar surface area (TPSA) is 17.1 Å². The van der Waals surface area contributed by atoms with E-state index in [0.29, 0.717) is 0 Å². The molecule has 0 amide bonds. The number of rotatable bonds is 4. The van der Waals surface area contributed by atoms with Crippen molar-refractivity contribution in [2.45, 2.75) is 52.3 Å². The molecule has 72 valence electrons. The minimum Gasteiger partial charge on any atom is -0.297 e. The van der Waals surface area contributed by atoms with E-state index in [4.69, 9.17) is 11.6 Å². The van der Waals surface area contributed by atoms with Crippen molar-refractivity contribution in [3.63, 3.8) is 0 Å². The second-order valence-corrected chi connectivity index (χ2v) is 4.75. The molecular formula is C10H19ClO. The van der Waals surface area contributed by atoms with Gasteiger partial charge in [0.1, 0.15) is 0 Å². The summed E-state index contributed by atoms with van der Waals surface area (Å²) >= 11 is 5.95. The molecule has 0 N–H and O–H groups in total. The predicted octanol–water partition coefficient (Wildman–Crippen LogP) is 3.40. The van der Waals surface area contributed by atoms with Gasteiger partial charge in [-0.15, -0.1) is 11.6 Å². The van der Waals surface area contributed by atoms with Crippen molar-refractivity contribution in [2.75, 3.05) is 0 Å². The Balaban J connectivity index is 3.94. The quantitative estimate of drug-likeness (QED) is 0.621. The SMILES string of the molecule is CCCCC(Cl)C(=O)C(C)(C)C. The minimum atomic E-state index is -0.292. The fourth-order valence-electron chi connectivity index (χ4n) is 0.984.